The number of fused-ring (bicyclic) bond motifs is 1. The number of anilines is 1. The number of benzene rings is 2. The van der Waals surface area contributed by atoms with Crippen LogP contribution >= 0.6 is 11.3 Å². The standard InChI is InChI=1S/C24H26N4O4S/c1-17-5-7-18(8-6-17)32-15-21(29)28(13-4-12-27-14-11-25-16-27)24-26-22-19(30-2)9-10-20(31-3)23(22)33-24/h5-11,14,16H,4,12-13,15H2,1-3H3. The summed E-state index contributed by atoms with van der Waals surface area (Å²) in [7, 11) is 3.22. The number of imidazole rings is 1. The maximum Gasteiger partial charge on any atom is 0.266 e. The van der Waals surface area contributed by atoms with Crippen molar-refractivity contribution in [3.8, 4) is 17.2 Å². The smallest absolute Gasteiger partial charge is 0.266 e. The number of aryl methyl sites for hydroxylation is 2. The van der Waals surface area contributed by atoms with Gasteiger partial charge in [0.25, 0.3) is 5.91 Å². The van der Waals surface area contributed by atoms with Crippen LogP contribution in [0.2, 0.25) is 0 Å². The van der Waals surface area contributed by atoms with Crippen LogP contribution in [-0.4, -0.2) is 47.8 Å². The van der Waals surface area contributed by atoms with Crippen molar-refractivity contribution in [1.82, 2.24) is 14.5 Å². The molecule has 0 aliphatic rings. The van der Waals surface area contributed by atoms with Crippen molar-refractivity contribution in [1.29, 1.82) is 0 Å². The molecule has 2 aromatic carbocycles. The predicted octanol–water partition coefficient (Wildman–Crippen LogP) is 4.32. The van der Waals surface area contributed by atoms with Gasteiger partial charge in [-0.2, -0.15) is 0 Å². The van der Waals surface area contributed by atoms with Gasteiger partial charge in [-0.05, 0) is 37.6 Å². The lowest BCUT2D eigenvalue weighted by Gasteiger charge is -2.20. The summed E-state index contributed by atoms with van der Waals surface area (Å²) in [6.07, 6.45) is 6.14. The Morgan fingerprint density at radius 2 is 1.85 bits per heavy atom. The van der Waals surface area contributed by atoms with Crippen LogP contribution in [0.1, 0.15) is 12.0 Å². The maximum atomic E-state index is 13.2. The summed E-state index contributed by atoms with van der Waals surface area (Å²) < 4.78 is 19.6. The summed E-state index contributed by atoms with van der Waals surface area (Å²) in [5.41, 5.74) is 1.80. The summed E-state index contributed by atoms with van der Waals surface area (Å²) in [5.74, 6) is 1.81. The molecule has 4 rings (SSSR count). The third-order valence-corrected chi connectivity index (χ3v) is 6.26. The van der Waals surface area contributed by atoms with Gasteiger partial charge in [-0.15, -0.1) is 0 Å². The van der Waals surface area contributed by atoms with Gasteiger partial charge in [-0.1, -0.05) is 29.0 Å². The van der Waals surface area contributed by atoms with E-state index in [4.69, 9.17) is 19.2 Å². The number of hydrogen-bond donors (Lipinski definition) is 0. The molecular weight excluding hydrogens is 440 g/mol. The van der Waals surface area contributed by atoms with E-state index in [1.165, 1.54) is 11.3 Å². The number of carbonyl (C=O) groups is 1. The molecular formula is C24H26N4O4S. The fourth-order valence-corrected chi connectivity index (χ4v) is 4.52. The van der Waals surface area contributed by atoms with Crippen molar-refractivity contribution < 1.29 is 19.0 Å². The first kappa shape index (κ1) is 22.6. The second-order valence-corrected chi connectivity index (χ2v) is 8.42. The van der Waals surface area contributed by atoms with Gasteiger partial charge >= 0.3 is 0 Å². The second-order valence-electron chi connectivity index (χ2n) is 7.45. The first-order valence-electron chi connectivity index (χ1n) is 10.6. The number of methoxy groups -OCH3 is 2. The van der Waals surface area contributed by atoms with Crippen molar-refractivity contribution in [2.45, 2.75) is 19.9 Å². The number of aromatic nitrogens is 3. The Morgan fingerprint density at radius 1 is 1.09 bits per heavy atom. The van der Waals surface area contributed by atoms with Gasteiger partial charge in [0.15, 0.2) is 11.7 Å². The van der Waals surface area contributed by atoms with Crippen molar-refractivity contribution in [3.05, 3.63) is 60.7 Å². The molecule has 4 aromatic rings. The third-order valence-electron chi connectivity index (χ3n) is 5.17. The average molecular weight is 467 g/mol. The first-order valence-corrected chi connectivity index (χ1v) is 11.4. The summed E-state index contributed by atoms with van der Waals surface area (Å²) >= 11 is 1.40. The van der Waals surface area contributed by atoms with Gasteiger partial charge in [0, 0.05) is 25.5 Å². The number of nitrogens with zero attached hydrogens (tertiary/aromatic N) is 4. The third kappa shape index (κ3) is 5.25. The van der Waals surface area contributed by atoms with Gasteiger partial charge in [0.1, 0.15) is 27.5 Å². The highest BCUT2D eigenvalue weighted by molar-refractivity contribution is 7.22. The summed E-state index contributed by atoms with van der Waals surface area (Å²) in [4.78, 5) is 23.7. The molecule has 172 valence electrons. The molecule has 0 radical (unpaired) electrons. The molecule has 0 unspecified atom stereocenters. The minimum Gasteiger partial charge on any atom is -0.495 e. The molecule has 0 aliphatic carbocycles. The molecule has 1 amide bonds. The van der Waals surface area contributed by atoms with Crippen molar-refractivity contribution >= 4 is 32.6 Å². The van der Waals surface area contributed by atoms with Crippen LogP contribution in [0.15, 0.2) is 55.1 Å². The van der Waals surface area contributed by atoms with Crippen LogP contribution in [0.25, 0.3) is 10.2 Å². The number of thiazole rings is 1. The summed E-state index contributed by atoms with van der Waals surface area (Å²) in [6.45, 7) is 3.14. The minimum absolute atomic E-state index is 0.0850. The molecule has 8 nitrogen and oxygen atoms in total. The molecule has 0 aliphatic heterocycles. The predicted molar refractivity (Wildman–Crippen MR) is 129 cm³/mol. The molecule has 2 aromatic heterocycles. The monoisotopic (exact) mass is 466 g/mol. The molecule has 0 bridgehead atoms. The molecule has 0 saturated carbocycles. The summed E-state index contributed by atoms with van der Waals surface area (Å²) in [6, 6.07) is 11.3. The zero-order chi connectivity index (χ0) is 23.2. The van der Waals surface area contributed by atoms with Crippen molar-refractivity contribution in [2.75, 3.05) is 32.3 Å². The SMILES string of the molecule is COc1ccc(OC)c2sc(N(CCCn3ccnc3)C(=O)COc3ccc(C)cc3)nc12. The molecule has 2 heterocycles. The van der Waals surface area contributed by atoms with E-state index in [-0.39, 0.29) is 12.5 Å². The molecule has 0 N–H and O–H groups in total. The van der Waals surface area contributed by atoms with Crippen LogP contribution in [0.4, 0.5) is 5.13 Å². The fraction of sp³-hybridized carbons (Fsp3) is 0.292. The van der Waals surface area contributed by atoms with Gasteiger partial charge in [0.05, 0.1) is 20.5 Å². The highest BCUT2D eigenvalue weighted by atomic mass is 32.1. The Labute approximate surface area is 196 Å². The zero-order valence-corrected chi connectivity index (χ0v) is 19.7. The van der Waals surface area contributed by atoms with E-state index in [0.717, 1.165) is 23.2 Å². The van der Waals surface area contributed by atoms with Gasteiger partial charge < -0.3 is 18.8 Å². The largest absolute Gasteiger partial charge is 0.495 e. The van der Waals surface area contributed by atoms with E-state index in [0.29, 0.717) is 34.4 Å². The Morgan fingerprint density at radius 3 is 2.55 bits per heavy atom. The molecule has 33 heavy (non-hydrogen) atoms. The quantitative estimate of drug-likeness (QED) is 0.346. The molecule has 0 fully saturated rings. The van der Waals surface area contributed by atoms with E-state index in [1.54, 1.807) is 31.6 Å². The topological polar surface area (TPSA) is 78.7 Å². The van der Waals surface area contributed by atoms with Crippen LogP contribution in [-0.2, 0) is 11.3 Å². The van der Waals surface area contributed by atoms with Crippen molar-refractivity contribution in [3.63, 3.8) is 0 Å². The Balaban J connectivity index is 1.58. The van der Waals surface area contributed by atoms with Crippen LogP contribution in [0.3, 0.4) is 0 Å². The number of amides is 1. The van der Waals surface area contributed by atoms with Gasteiger partial charge in [-0.25, -0.2) is 9.97 Å². The maximum absolute atomic E-state index is 13.2. The van der Waals surface area contributed by atoms with Crippen LogP contribution < -0.4 is 19.1 Å². The Hall–Kier alpha value is -3.59. The van der Waals surface area contributed by atoms with Crippen molar-refractivity contribution in [2.24, 2.45) is 0 Å². The second kappa shape index (κ2) is 10.4. The van der Waals surface area contributed by atoms with E-state index in [2.05, 4.69) is 4.98 Å². The van der Waals surface area contributed by atoms with Crippen LogP contribution in [0.5, 0.6) is 17.2 Å². The van der Waals surface area contributed by atoms with E-state index in [9.17, 15) is 4.79 Å². The van der Waals surface area contributed by atoms with E-state index in [1.807, 2.05) is 54.1 Å². The Kier molecular flexibility index (Phi) is 7.09. The van der Waals surface area contributed by atoms with Gasteiger partial charge in [-0.3, -0.25) is 9.69 Å². The number of hydrogen-bond acceptors (Lipinski definition) is 7. The highest BCUT2D eigenvalue weighted by Gasteiger charge is 2.23. The fourth-order valence-electron chi connectivity index (χ4n) is 3.40. The molecule has 0 spiro atoms. The lowest BCUT2D eigenvalue weighted by Crippen LogP contribution is -2.36. The van der Waals surface area contributed by atoms with Crippen LogP contribution in [0, 0.1) is 6.92 Å². The average Bonchev–Trinajstić information content (AvgIpc) is 3.51. The lowest BCUT2D eigenvalue weighted by molar-refractivity contribution is -0.120. The Bertz CT molecular complexity index is 1160. The minimum atomic E-state index is -0.168. The zero-order valence-electron chi connectivity index (χ0n) is 18.9. The lowest BCUT2D eigenvalue weighted by atomic mass is 10.2. The summed E-state index contributed by atoms with van der Waals surface area (Å²) in [5, 5.41) is 0.580. The molecule has 9 heteroatoms. The van der Waals surface area contributed by atoms with E-state index >= 15 is 0 Å². The molecule has 0 saturated heterocycles. The van der Waals surface area contributed by atoms with Gasteiger partial charge in [0.2, 0.25) is 0 Å². The highest BCUT2D eigenvalue weighted by Crippen LogP contribution is 2.40. The number of rotatable bonds is 10. The van der Waals surface area contributed by atoms with E-state index < -0.39 is 0 Å². The first-order chi connectivity index (χ1) is 16.1. The number of ether oxygens (including phenoxy) is 3. The molecule has 0 atom stereocenters. The number of carbonyl (C=O) groups excluding carboxylic acids is 1. The normalized spacial score (nSPS) is 10.9.